The number of hydrogen-bond acceptors (Lipinski definition) is 1. The molecular weight excluding hydrogens is 541 g/mol. The van der Waals surface area contributed by atoms with Gasteiger partial charge in [0.25, 0.3) is 0 Å². The summed E-state index contributed by atoms with van der Waals surface area (Å²) in [4.78, 5) is 1.33. The van der Waals surface area contributed by atoms with Crippen molar-refractivity contribution in [2.75, 3.05) is 0 Å². The molecule has 2 nitrogen and oxygen atoms in total. The summed E-state index contributed by atoms with van der Waals surface area (Å²) in [5.41, 5.74) is 11.2. The summed E-state index contributed by atoms with van der Waals surface area (Å²) in [5, 5.41) is 10.1. The summed E-state index contributed by atoms with van der Waals surface area (Å²) in [6.45, 7) is 0. The fourth-order valence-corrected chi connectivity index (χ4v) is 8.18. The highest BCUT2D eigenvalue weighted by atomic mass is 32.1. The summed E-state index contributed by atoms with van der Waals surface area (Å²) in [6.07, 6.45) is 0. The fraction of sp³-hybridized carbons (Fsp3) is 0. The highest BCUT2D eigenvalue weighted by molar-refractivity contribution is 7.17. The molecule has 3 heteroatoms. The molecule has 4 heterocycles. The van der Waals surface area contributed by atoms with Crippen LogP contribution in [0.4, 0.5) is 0 Å². The van der Waals surface area contributed by atoms with Gasteiger partial charge in [-0.05, 0) is 76.2 Å². The van der Waals surface area contributed by atoms with Gasteiger partial charge in [0.1, 0.15) is 4.83 Å². The van der Waals surface area contributed by atoms with Crippen molar-refractivity contribution in [3.05, 3.63) is 145 Å². The number of hydrogen-bond donors (Lipinski definition) is 0. The van der Waals surface area contributed by atoms with Crippen LogP contribution in [0.3, 0.4) is 0 Å². The molecule has 4 aromatic heterocycles. The summed E-state index contributed by atoms with van der Waals surface area (Å²) in [6, 6.07) is 51.2. The summed E-state index contributed by atoms with van der Waals surface area (Å²) in [7, 11) is 0. The average molecular weight is 565 g/mol. The van der Waals surface area contributed by atoms with Gasteiger partial charge in [0.15, 0.2) is 0 Å². The zero-order valence-corrected chi connectivity index (χ0v) is 24.0. The van der Waals surface area contributed by atoms with Gasteiger partial charge in [-0.3, -0.25) is 4.40 Å². The van der Waals surface area contributed by atoms with E-state index in [4.69, 9.17) is 0 Å². The molecule has 0 bridgehead atoms. The van der Waals surface area contributed by atoms with Gasteiger partial charge >= 0.3 is 0 Å². The Hall–Kier alpha value is -5.38. The van der Waals surface area contributed by atoms with Crippen molar-refractivity contribution in [2.24, 2.45) is 0 Å². The minimum Gasteiger partial charge on any atom is -0.309 e. The molecule has 200 valence electrons. The van der Waals surface area contributed by atoms with Crippen LogP contribution >= 0.6 is 11.3 Å². The van der Waals surface area contributed by atoms with Gasteiger partial charge in [0.2, 0.25) is 0 Å². The van der Waals surface area contributed by atoms with E-state index in [0.29, 0.717) is 0 Å². The van der Waals surface area contributed by atoms with E-state index in [1.807, 2.05) is 11.3 Å². The third-order valence-corrected chi connectivity index (χ3v) is 10.0. The molecular formula is C40H24N2S. The van der Waals surface area contributed by atoms with E-state index >= 15 is 0 Å². The first-order valence-electron chi connectivity index (χ1n) is 14.7. The van der Waals surface area contributed by atoms with E-state index in [1.165, 1.54) is 87.2 Å². The lowest BCUT2D eigenvalue weighted by molar-refractivity contribution is 1.18. The Morgan fingerprint density at radius 1 is 0.395 bits per heavy atom. The second kappa shape index (κ2) is 8.57. The Balaban J connectivity index is 1.18. The van der Waals surface area contributed by atoms with Crippen LogP contribution < -0.4 is 0 Å². The number of nitrogens with zero attached hydrogens (tertiary/aromatic N) is 2. The summed E-state index contributed by atoms with van der Waals surface area (Å²) >= 11 is 1.82. The largest absolute Gasteiger partial charge is 0.309 e. The lowest BCUT2D eigenvalue weighted by Crippen LogP contribution is -1.94. The first-order chi connectivity index (χ1) is 21.3. The van der Waals surface area contributed by atoms with Crippen molar-refractivity contribution < 1.29 is 0 Å². The lowest BCUT2D eigenvalue weighted by atomic mass is 10.00. The molecule has 10 aromatic rings. The van der Waals surface area contributed by atoms with Gasteiger partial charge in [-0.25, -0.2) is 0 Å². The third kappa shape index (κ3) is 3.17. The third-order valence-electron chi connectivity index (χ3n) is 9.14. The van der Waals surface area contributed by atoms with Gasteiger partial charge in [0.05, 0.1) is 22.1 Å². The number of aromatic nitrogens is 2. The maximum absolute atomic E-state index is 2.46. The highest BCUT2D eigenvalue weighted by Crippen LogP contribution is 2.42. The van der Waals surface area contributed by atoms with Crippen molar-refractivity contribution in [1.82, 2.24) is 8.97 Å². The van der Waals surface area contributed by atoms with Crippen LogP contribution in [-0.2, 0) is 0 Å². The van der Waals surface area contributed by atoms with Crippen molar-refractivity contribution >= 4 is 70.6 Å². The second-order valence-corrected chi connectivity index (χ2v) is 12.3. The summed E-state index contributed by atoms with van der Waals surface area (Å²) < 4.78 is 4.87. The van der Waals surface area contributed by atoms with Crippen LogP contribution in [0.1, 0.15) is 0 Å². The van der Waals surface area contributed by atoms with Crippen LogP contribution in [0.15, 0.2) is 145 Å². The lowest BCUT2D eigenvalue weighted by Gasteiger charge is -2.11. The number of thiophene rings is 1. The van der Waals surface area contributed by atoms with Gasteiger partial charge in [-0.1, -0.05) is 91.0 Å². The van der Waals surface area contributed by atoms with Gasteiger partial charge in [-0.15, -0.1) is 11.3 Å². The molecule has 6 aromatic carbocycles. The van der Waals surface area contributed by atoms with Crippen LogP contribution in [-0.4, -0.2) is 8.97 Å². The molecule has 0 saturated carbocycles. The molecule has 0 unspecified atom stereocenters. The standard InChI is InChI=1S/C40H24N2S/c1-2-8-25(9-3-1)26-10-6-11-29(22-26)41-36-15-5-4-12-30(36)34-23-27(16-18-37(34)41)28-17-19-38-35(24-28)32-14-7-13-31-33-20-21-43-40(33)42(38)39(31)32/h1-24H. The highest BCUT2D eigenvalue weighted by Gasteiger charge is 2.19. The monoisotopic (exact) mass is 564 g/mol. The Morgan fingerprint density at radius 3 is 1.88 bits per heavy atom. The van der Waals surface area contributed by atoms with Crippen molar-refractivity contribution in [2.45, 2.75) is 0 Å². The van der Waals surface area contributed by atoms with E-state index in [-0.39, 0.29) is 0 Å². The molecule has 10 rings (SSSR count). The number of benzene rings is 6. The SMILES string of the molecule is c1ccc(-c2cccc(-n3c4ccccc4c4cc(-c5ccc6c(c5)c5cccc7c8ccsc8n6c57)ccc43)c2)cc1. The molecule has 0 aliphatic carbocycles. The van der Waals surface area contributed by atoms with Crippen LogP contribution in [0.25, 0.3) is 87.2 Å². The van der Waals surface area contributed by atoms with Crippen molar-refractivity contribution in [3.8, 4) is 27.9 Å². The van der Waals surface area contributed by atoms with Crippen LogP contribution in [0.5, 0.6) is 0 Å². The molecule has 0 spiro atoms. The molecule has 0 amide bonds. The van der Waals surface area contributed by atoms with Gasteiger partial charge in [-0.2, -0.15) is 0 Å². The molecule has 0 aliphatic rings. The second-order valence-electron chi connectivity index (χ2n) is 11.4. The first-order valence-corrected chi connectivity index (χ1v) is 15.6. The average Bonchev–Trinajstić information content (AvgIpc) is 3.83. The Bertz CT molecular complexity index is 2670. The maximum atomic E-state index is 2.46. The molecule has 0 radical (unpaired) electrons. The number of fused-ring (bicyclic) bond motifs is 9. The molecule has 0 saturated heterocycles. The Morgan fingerprint density at radius 2 is 1.02 bits per heavy atom. The predicted molar refractivity (Wildman–Crippen MR) is 184 cm³/mol. The van der Waals surface area contributed by atoms with E-state index < -0.39 is 0 Å². The zero-order chi connectivity index (χ0) is 28.1. The van der Waals surface area contributed by atoms with E-state index in [9.17, 15) is 0 Å². The Kier molecular flexibility index (Phi) is 4.63. The van der Waals surface area contributed by atoms with E-state index in [0.717, 1.165) is 0 Å². The number of para-hydroxylation sites is 2. The zero-order valence-electron chi connectivity index (χ0n) is 23.2. The number of rotatable bonds is 3. The van der Waals surface area contributed by atoms with Crippen LogP contribution in [0, 0.1) is 0 Å². The maximum Gasteiger partial charge on any atom is 0.108 e. The topological polar surface area (TPSA) is 9.34 Å². The molecule has 0 aliphatic heterocycles. The molecule has 0 fully saturated rings. The minimum atomic E-state index is 1.17. The van der Waals surface area contributed by atoms with Gasteiger partial charge < -0.3 is 4.57 Å². The first kappa shape index (κ1) is 23.2. The Labute approximate surface area is 251 Å². The van der Waals surface area contributed by atoms with Gasteiger partial charge in [0, 0.05) is 38.0 Å². The minimum absolute atomic E-state index is 1.17. The normalized spacial score (nSPS) is 12.2. The summed E-state index contributed by atoms with van der Waals surface area (Å²) in [5.74, 6) is 0. The van der Waals surface area contributed by atoms with E-state index in [2.05, 4.69) is 154 Å². The molecule has 0 atom stereocenters. The molecule has 0 N–H and O–H groups in total. The molecule has 43 heavy (non-hydrogen) atoms. The van der Waals surface area contributed by atoms with Crippen molar-refractivity contribution in [3.63, 3.8) is 0 Å². The van der Waals surface area contributed by atoms with E-state index in [1.54, 1.807) is 0 Å². The fourth-order valence-electron chi connectivity index (χ4n) is 7.24. The van der Waals surface area contributed by atoms with Crippen molar-refractivity contribution in [1.29, 1.82) is 0 Å². The predicted octanol–water partition coefficient (Wildman–Crippen LogP) is 11.3. The van der Waals surface area contributed by atoms with Crippen LogP contribution in [0.2, 0.25) is 0 Å². The quantitative estimate of drug-likeness (QED) is 0.202. The smallest absolute Gasteiger partial charge is 0.108 e.